The smallest absolute Gasteiger partial charge is 0.359 e. The SMILES string of the molecule is C#CCO/N=C(\C(=O)NC1C(=O)N2C(C(=O)OC(c3ccccc3)c3ccccc3)=C(CSc3nncs3)OCC12)c1csc(N)n1. The van der Waals surface area contributed by atoms with Crippen molar-refractivity contribution >= 4 is 63.1 Å². The minimum absolute atomic E-state index is 0.00397. The Labute approximate surface area is 280 Å². The van der Waals surface area contributed by atoms with Crippen LogP contribution in [-0.2, 0) is 28.7 Å². The van der Waals surface area contributed by atoms with Gasteiger partial charge in [0.05, 0.1) is 5.75 Å². The normalized spacial score (nSPS) is 17.3. The Balaban J connectivity index is 1.27. The van der Waals surface area contributed by atoms with Crippen LogP contribution in [0.4, 0.5) is 5.13 Å². The van der Waals surface area contributed by atoms with Gasteiger partial charge in [0.15, 0.2) is 33.6 Å². The number of terminal acetylenes is 1. The van der Waals surface area contributed by atoms with Crippen molar-refractivity contribution in [3.63, 3.8) is 0 Å². The number of β-lactam (4-membered cyclic amide) rings is 1. The lowest BCUT2D eigenvalue weighted by atomic mass is 9.92. The predicted octanol–water partition coefficient (Wildman–Crippen LogP) is 2.99. The van der Waals surface area contributed by atoms with E-state index in [0.29, 0.717) is 4.34 Å². The summed E-state index contributed by atoms with van der Waals surface area (Å²) in [5.74, 6) is 0.646. The molecule has 2 unspecified atom stereocenters. The lowest BCUT2D eigenvalue weighted by Gasteiger charge is -2.49. The number of thioether (sulfide) groups is 1. The number of hydrogen-bond acceptors (Lipinski definition) is 14. The van der Waals surface area contributed by atoms with E-state index in [-0.39, 0.29) is 47.0 Å². The van der Waals surface area contributed by atoms with Crippen LogP contribution in [0, 0.1) is 12.3 Å². The van der Waals surface area contributed by atoms with Gasteiger partial charge in [-0.1, -0.05) is 94.8 Å². The molecule has 238 valence electrons. The maximum absolute atomic E-state index is 14.1. The highest BCUT2D eigenvalue weighted by Gasteiger charge is 2.55. The number of nitrogens with two attached hydrogens (primary N) is 1. The number of oxime groups is 1. The number of fused-ring (bicyclic) bond motifs is 1. The average molecular weight is 688 g/mol. The molecule has 2 aromatic carbocycles. The third-order valence-electron chi connectivity index (χ3n) is 7.01. The Morgan fingerprint density at radius 2 is 1.89 bits per heavy atom. The van der Waals surface area contributed by atoms with E-state index >= 15 is 0 Å². The van der Waals surface area contributed by atoms with Crippen molar-refractivity contribution in [1.82, 2.24) is 25.4 Å². The quantitative estimate of drug-likeness (QED) is 0.0427. The number of amides is 2. The molecule has 2 aliphatic heterocycles. The molecule has 2 aliphatic rings. The van der Waals surface area contributed by atoms with Crippen molar-refractivity contribution in [1.29, 1.82) is 0 Å². The minimum atomic E-state index is -1.05. The van der Waals surface area contributed by atoms with Gasteiger partial charge in [0.25, 0.3) is 11.8 Å². The fourth-order valence-electron chi connectivity index (χ4n) is 4.91. The fourth-order valence-corrected chi connectivity index (χ4v) is 6.89. The highest BCUT2D eigenvalue weighted by atomic mass is 32.2. The summed E-state index contributed by atoms with van der Waals surface area (Å²) in [6.07, 6.45) is 4.47. The van der Waals surface area contributed by atoms with Gasteiger partial charge in [-0.05, 0) is 11.1 Å². The van der Waals surface area contributed by atoms with E-state index in [1.807, 2.05) is 60.7 Å². The van der Waals surface area contributed by atoms with E-state index in [9.17, 15) is 14.4 Å². The number of benzene rings is 2. The fraction of sp³-hybridized carbons (Fsp3) is 0.194. The standard InChI is InChI=1S/C31H25N7O6S3/c1-2-13-43-37-23(20-15-45-30(32)34-20)27(39)35-24-21-14-42-22(16-46-31-36-33-17-47-31)25(38(21)28(24)40)29(41)44-26(18-9-5-3-6-10-18)19-11-7-4-8-12-19/h1,3-12,15,17,21,24,26H,13-14,16H2,(H2,32,34)(H,35,39)/b37-23-. The Kier molecular flexibility index (Phi) is 9.76. The summed E-state index contributed by atoms with van der Waals surface area (Å²) < 4.78 is 12.9. The Bertz CT molecular complexity index is 1820. The monoisotopic (exact) mass is 687 g/mol. The molecule has 6 rings (SSSR count). The molecule has 0 saturated carbocycles. The molecule has 2 amide bonds. The van der Waals surface area contributed by atoms with Gasteiger partial charge in [0, 0.05) is 5.38 Å². The summed E-state index contributed by atoms with van der Waals surface area (Å²) in [4.78, 5) is 51.6. The van der Waals surface area contributed by atoms with E-state index < -0.39 is 36.0 Å². The second kappa shape index (κ2) is 14.5. The van der Waals surface area contributed by atoms with Gasteiger partial charge in [-0.3, -0.25) is 14.5 Å². The Morgan fingerprint density at radius 1 is 1.17 bits per heavy atom. The molecule has 0 radical (unpaired) electrons. The summed E-state index contributed by atoms with van der Waals surface area (Å²) in [5.41, 5.74) is 8.72. The number of esters is 1. The first-order chi connectivity index (χ1) is 22.9. The molecular weight excluding hydrogens is 663 g/mol. The highest BCUT2D eigenvalue weighted by molar-refractivity contribution is 8.01. The molecule has 4 heterocycles. The summed E-state index contributed by atoms with van der Waals surface area (Å²) in [5, 5.41) is 16.1. The van der Waals surface area contributed by atoms with Crippen LogP contribution >= 0.6 is 34.4 Å². The van der Waals surface area contributed by atoms with E-state index in [1.165, 1.54) is 33.4 Å². The van der Waals surface area contributed by atoms with Crippen molar-refractivity contribution in [2.75, 3.05) is 24.7 Å². The van der Waals surface area contributed by atoms with Crippen molar-refractivity contribution in [2.24, 2.45) is 5.16 Å². The first kappa shape index (κ1) is 31.7. The zero-order chi connectivity index (χ0) is 32.8. The number of thiazole rings is 1. The number of aromatic nitrogens is 3. The highest BCUT2D eigenvalue weighted by Crippen LogP contribution is 2.37. The molecule has 1 fully saturated rings. The second-order valence-corrected chi connectivity index (χ2v) is 12.8. The number of nitrogens with zero attached hydrogens (tertiary/aromatic N) is 5. The molecule has 2 aromatic heterocycles. The molecule has 0 bridgehead atoms. The third-order valence-corrected chi connectivity index (χ3v) is 9.55. The number of hydrogen-bond donors (Lipinski definition) is 2. The lowest BCUT2D eigenvalue weighted by Crippen LogP contribution is -2.73. The molecular formula is C31H25N7O6S3. The maximum Gasteiger partial charge on any atom is 0.359 e. The lowest BCUT2D eigenvalue weighted by molar-refractivity contribution is -0.163. The topological polar surface area (TPSA) is 171 Å². The third kappa shape index (κ3) is 6.97. The number of ether oxygens (including phenoxy) is 2. The molecule has 3 N–H and O–H groups in total. The average Bonchev–Trinajstić information content (AvgIpc) is 3.79. The zero-order valence-corrected chi connectivity index (χ0v) is 26.8. The van der Waals surface area contributed by atoms with Crippen molar-refractivity contribution in [2.45, 2.75) is 22.5 Å². The van der Waals surface area contributed by atoms with Gasteiger partial charge in [0.2, 0.25) is 0 Å². The molecule has 0 spiro atoms. The van der Waals surface area contributed by atoms with Crippen LogP contribution in [0.15, 0.2) is 92.5 Å². The van der Waals surface area contributed by atoms with E-state index in [0.717, 1.165) is 22.5 Å². The number of nitrogen functional groups attached to an aromatic ring is 1. The molecule has 16 heteroatoms. The summed E-state index contributed by atoms with van der Waals surface area (Å²) in [6.45, 7) is -0.186. The second-order valence-electron chi connectivity index (χ2n) is 9.90. The molecule has 1 saturated heterocycles. The van der Waals surface area contributed by atoms with Crippen LogP contribution in [0.5, 0.6) is 0 Å². The molecule has 2 atom stereocenters. The predicted molar refractivity (Wildman–Crippen MR) is 175 cm³/mol. The number of anilines is 1. The first-order valence-corrected chi connectivity index (χ1v) is 16.7. The van der Waals surface area contributed by atoms with Gasteiger partial charge in [-0.15, -0.1) is 28.0 Å². The molecule has 13 nitrogen and oxygen atoms in total. The van der Waals surface area contributed by atoms with Crippen molar-refractivity contribution in [3.05, 3.63) is 99.8 Å². The van der Waals surface area contributed by atoms with Crippen LogP contribution in [0.1, 0.15) is 22.9 Å². The zero-order valence-electron chi connectivity index (χ0n) is 24.3. The number of nitrogens with one attached hydrogen (secondary N) is 1. The van der Waals surface area contributed by atoms with E-state index in [4.69, 9.17) is 26.5 Å². The largest absolute Gasteiger partial charge is 0.492 e. The number of carbonyl (C=O) groups is 3. The molecule has 0 aliphatic carbocycles. The van der Waals surface area contributed by atoms with E-state index in [2.05, 4.69) is 31.6 Å². The van der Waals surface area contributed by atoms with Crippen LogP contribution in [0.25, 0.3) is 0 Å². The van der Waals surface area contributed by atoms with Gasteiger partial charge in [-0.25, -0.2) is 9.78 Å². The van der Waals surface area contributed by atoms with Crippen LogP contribution in [0.3, 0.4) is 0 Å². The molecule has 47 heavy (non-hydrogen) atoms. The maximum atomic E-state index is 14.1. The number of rotatable bonds is 12. The van der Waals surface area contributed by atoms with Crippen molar-refractivity contribution in [3.8, 4) is 12.3 Å². The van der Waals surface area contributed by atoms with Gasteiger partial charge >= 0.3 is 5.97 Å². The van der Waals surface area contributed by atoms with Gasteiger partial charge in [0.1, 0.15) is 35.7 Å². The van der Waals surface area contributed by atoms with Crippen molar-refractivity contribution < 1.29 is 28.7 Å². The summed E-state index contributed by atoms with van der Waals surface area (Å²) >= 11 is 3.74. The summed E-state index contributed by atoms with van der Waals surface area (Å²) in [6, 6.07) is 16.8. The minimum Gasteiger partial charge on any atom is -0.492 e. The van der Waals surface area contributed by atoms with Crippen LogP contribution < -0.4 is 11.1 Å². The Morgan fingerprint density at radius 3 is 2.51 bits per heavy atom. The summed E-state index contributed by atoms with van der Waals surface area (Å²) in [7, 11) is 0. The van der Waals surface area contributed by atoms with Gasteiger partial charge < -0.3 is 25.4 Å². The van der Waals surface area contributed by atoms with Gasteiger partial charge in [-0.2, -0.15) is 0 Å². The van der Waals surface area contributed by atoms with Crippen LogP contribution in [0.2, 0.25) is 0 Å². The number of carbonyl (C=O) groups excluding carboxylic acids is 3. The Hall–Kier alpha value is -5.24. The van der Waals surface area contributed by atoms with E-state index in [1.54, 1.807) is 5.51 Å². The first-order valence-electron chi connectivity index (χ1n) is 14.0. The molecule has 4 aromatic rings. The van der Waals surface area contributed by atoms with Crippen LogP contribution in [-0.4, -0.2) is 74.6 Å².